The molecule has 0 aliphatic carbocycles. The predicted molar refractivity (Wildman–Crippen MR) is 104 cm³/mol. The summed E-state index contributed by atoms with van der Waals surface area (Å²) in [4.78, 5) is 12.1. The fourth-order valence-corrected chi connectivity index (χ4v) is 4.53. The highest BCUT2D eigenvalue weighted by atomic mass is 32.2. The van der Waals surface area contributed by atoms with Gasteiger partial charge in [0.1, 0.15) is 10.4 Å². The van der Waals surface area contributed by atoms with Crippen LogP contribution in [0.15, 0.2) is 17.2 Å². The maximum Gasteiger partial charge on any atom is 0.275 e. The number of anilines is 2. The van der Waals surface area contributed by atoms with Gasteiger partial charge in [-0.2, -0.15) is 9.29 Å². The lowest BCUT2D eigenvalue weighted by molar-refractivity contribution is -0.0945. The van der Waals surface area contributed by atoms with Gasteiger partial charge in [-0.1, -0.05) is 19.8 Å². The number of nitrogens with two attached hydrogens (primary N) is 1. The second-order valence-electron chi connectivity index (χ2n) is 7.55. The number of hydrogen-bond acceptors (Lipinski definition) is 8. The van der Waals surface area contributed by atoms with E-state index in [0.717, 1.165) is 19.0 Å². The molecule has 1 aliphatic heterocycles. The first-order chi connectivity index (χ1) is 13.5. The van der Waals surface area contributed by atoms with Crippen molar-refractivity contribution in [3.05, 3.63) is 12.3 Å². The first-order valence-corrected chi connectivity index (χ1v) is 10.6. The van der Waals surface area contributed by atoms with Crippen molar-refractivity contribution in [1.29, 1.82) is 0 Å². The number of fused-ring (bicyclic) bond motifs is 1. The number of aromatic nitrogens is 3. The Morgan fingerprint density at radius 3 is 2.66 bits per heavy atom. The Labute approximate surface area is 167 Å². The van der Waals surface area contributed by atoms with Gasteiger partial charge in [0, 0.05) is 6.20 Å². The Bertz CT molecular complexity index is 1010. The van der Waals surface area contributed by atoms with Crippen molar-refractivity contribution in [2.75, 3.05) is 30.7 Å². The zero-order valence-corrected chi connectivity index (χ0v) is 17.0. The summed E-state index contributed by atoms with van der Waals surface area (Å²) in [6, 6.07) is 1.24. The van der Waals surface area contributed by atoms with Crippen LogP contribution in [0.4, 0.5) is 20.5 Å². The normalized spacial score (nSPS) is 18.9. The van der Waals surface area contributed by atoms with Crippen LogP contribution < -0.4 is 11.1 Å². The van der Waals surface area contributed by atoms with Gasteiger partial charge in [0.2, 0.25) is 16.0 Å². The summed E-state index contributed by atoms with van der Waals surface area (Å²) in [5.41, 5.74) is 5.51. The summed E-state index contributed by atoms with van der Waals surface area (Å²) < 4.78 is 51.9. The van der Waals surface area contributed by atoms with Crippen LogP contribution in [0.5, 0.6) is 0 Å². The van der Waals surface area contributed by atoms with E-state index in [-0.39, 0.29) is 34.3 Å². The lowest BCUT2D eigenvalue weighted by Gasteiger charge is -2.37. The van der Waals surface area contributed by atoms with E-state index in [9.17, 15) is 22.3 Å². The minimum Gasteiger partial charge on any atom is -0.394 e. The number of sulfonamides is 1. The monoisotopic (exact) mass is 430 g/mol. The molecular weight excluding hydrogens is 406 g/mol. The van der Waals surface area contributed by atoms with Crippen LogP contribution in [0.1, 0.15) is 33.1 Å². The zero-order chi connectivity index (χ0) is 21.4. The minimum atomic E-state index is -4.11. The molecule has 2 aromatic rings. The number of unbranched alkanes of at least 4 members (excludes halogenated alkanes) is 1. The van der Waals surface area contributed by atoms with Crippen molar-refractivity contribution in [1.82, 2.24) is 19.3 Å². The zero-order valence-electron chi connectivity index (χ0n) is 16.2. The summed E-state index contributed by atoms with van der Waals surface area (Å²) in [5, 5.41) is 12.9. The molecule has 160 valence electrons. The molecule has 0 radical (unpaired) electrons. The molecule has 0 bridgehead atoms. The van der Waals surface area contributed by atoms with Crippen molar-refractivity contribution in [2.45, 2.75) is 49.5 Å². The molecule has 29 heavy (non-hydrogen) atoms. The molecule has 12 heteroatoms. The molecule has 9 nitrogen and oxygen atoms in total. The maximum absolute atomic E-state index is 13.1. The molecule has 2 aromatic heterocycles. The van der Waals surface area contributed by atoms with Gasteiger partial charge in [0.25, 0.3) is 5.92 Å². The fraction of sp³-hybridized carbons (Fsp3) is 0.588. The second kappa shape index (κ2) is 7.58. The lowest BCUT2D eigenvalue weighted by atomic mass is 9.96. The van der Waals surface area contributed by atoms with E-state index in [0.29, 0.717) is 10.7 Å². The molecule has 1 atom stereocenters. The number of nitrogen functional groups attached to an aromatic ring is 1. The molecule has 0 aromatic carbocycles. The van der Waals surface area contributed by atoms with Gasteiger partial charge in [0.05, 0.1) is 30.8 Å². The van der Waals surface area contributed by atoms with Crippen LogP contribution in [0.25, 0.3) is 11.0 Å². The summed E-state index contributed by atoms with van der Waals surface area (Å²) in [7, 11) is -4.11. The Kier molecular flexibility index (Phi) is 5.62. The molecular formula is C17H24F2N6O3S. The van der Waals surface area contributed by atoms with E-state index >= 15 is 0 Å². The van der Waals surface area contributed by atoms with Gasteiger partial charge < -0.3 is 16.2 Å². The van der Waals surface area contributed by atoms with Gasteiger partial charge in [-0.25, -0.2) is 27.2 Å². The first kappa shape index (κ1) is 21.5. The SMILES string of the molecule is CCCC[C@](C)(CO)Nc1nc(N)nc2cc(S(=O)(=O)N3CC(F)(F)C3)cnc12. The molecule has 0 saturated carbocycles. The third kappa shape index (κ3) is 4.38. The molecule has 0 unspecified atom stereocenters. The smallest absolute Gasteiger partial charge is 0.275 e. The summed E-state index contributed by atoms with van der Waals surface area (Å²) >= 11 is 0. The number of alkyl halides is 2. The molecule has 3 heterocycles. The summed E-state index contributed by atoms with van der Waals surface area (Å²) in [6.45, 7) is 1.98. The Balaban J connectivity index is 1.97. The van der Waals surface area contributed by atoms with Crippen LogP contribution in [0, 0.1) is 0 Å². The van der Waals surface area contributed by atoms with Gasteiger partial charge in [-0.05, 0) is 19.4 Å². The van der Waals surface area contributed by atoms with Crippen molar-refractivity contribution >= 4 is 32.8 Å². The minimum absolute atomic E-state index is 0.109. The topological polar surface area (TPSA) is 134 Å². The van der Waals surface area contributed by atoms with Crippen LogP contribution >= 0.6 is 0 Å². The molecule has 0 spiro atoms. The molecule has 1 aliphatic rings. The van der Waals surface area contributed by atoms with Gasteiger partial charge in [-0.3, -0.25) is 0 Å². The second-order valence-corrected chi connectivity index (χ2v) is 9.48. The molecule has 0 amide bonds. The summed E-state index contributed by atoms with van der Waals surface area (Å²) in [5.74, 6) is -2.86. The van der Waals surface area contributed by atoms with E-state index in [1.54, 1.807) is 0 Å². The van der Waals surface area contributed by atoms with Gasteiger partial charge in [-0.15, -0.1) is 0 Å². The molecule has 4 N–H and O–H groups in total. The highest BCUT2D eigenvalue weighted by molar-refractivity contribution is 7.89. The van der Waals surface area contributed by atoms with Gasteiger partial charge in [0.15, 0.2) is 5.82 Å². The number of nitrogens with zero attached hydrogens (tertiary/aromatic N) is 4. The molecule has 1 saturated heterocycles. The van der Waals surface area contributed by atoms with E-state index in [2.05, 4.69) is 20.3 Å². The van der Waals surface area contributed by atoms with Gasteiger partial charge >= 0.3 is 0 Å². The number of rotatable bonds is 8. The Morgan fingerprint density at radius 1 is 1.38 bits per heavy atom. The lowest BCUT2D eigenvalue weighted by Crippen LogP contribution is -2.58. The third-order valence-electron chi connectivity index (χ3n) is 4.83. The van der Waals surface area contributed by atoms with Crippen molar-refractivity contribution < 1.29 is 22.3 Å². The number of aliphatic hydroxyl groups excluding tert-OH is 1. The van der Waals surface area contributed by atoms with Crippen LogP contribution in [0.3, 0.4) is 0 Å². The van der Waals surface area contributed by atoms with Crippen LogP contribution in [-0.2, 0) is 10.0 Å². The van der Waals surface area contributed by atoms with E-state index in [4.69, 9.17) is 5.73 Å². The van der Waals surface area contributed by atoms with Crippen molar-refractivity contribution in [2.24, 2.45) is 0 Å². The Hall–Kier alpha value is -2.18. The highest BCUT2D eigenvalue weighted by Gasteiger charge is 2.50. The van der Waals surface area contributed by atoms with Crippen LogP contribution in [-0.4, -0.2) is 63.9 Å². The van der Waals surface area contributed by atoms with E-state index < -0.39 is 34.6 Å². The van der Waals surface area contributed by atoms with E-state index in [1.165, 1.54) is 6.07 Å². The number of aliphatic hydroxyl groups is 1. The number of nitrogens with one attached hydrogen (secondary N) is 1. The fourth-order valence-electron chi connectivity index (χ4n) is 3.07. The summed E-state index contributed by atoms with van der Waals surface area (Å²) in [6.07, 6.45) is 3.57. The highest BCUT2D eigenvalue weighted by Crippen LogP contribution is 2.33. The maximum atomic E-state index is 13.1. The molecule has 3 rings (SSSR count). The first-order valence-electron chi connectivity index (χ1n) is 9.20. The molecule has 1 fully saturated rings. The average molecular weight is 430 g/mol. The van der Waals surface area contributed by atoms with Crippen molar-refractivity contribution in [3.8, 4) is 0 Å². The predicted octanol–water partition coefficient (Wildman–Crippen LogP) is 1.60. The average Bonchev–Trinajstić information content (AvgIpc) is 2.63. The number of hydrogen-bond donors (Lipinski definition) is 3. The Morgan fingerprint density at radius 2 is 2.07 bits per heavy atom. The third-order valence-corrected chi connectivity index (χ3v) is 6.59. The quantitative estimate of drug-likeness (QED) is 0.575. The largest absolute Gasteiger partial charge is 0.394 e. The number of pyridine rings is 1. The van der Waals surface area contributed by atoms with E-state index in [1.807, 2.05) is 13.8 Å². The number of halogens is 2. The van der Waals surface area contributed by atoms with Crippen LogP contribution in [0.2, 0.25) is 0 Å². The van der Waals surface area contributed by atoms with Crippen molar-refractivity contribution in [3.63, 3.8) is 0 Å². The standard InChI is InChI=1S/C17H24F2N6O3S/c1-3-4-5-16(2,10-26)24-14-13-12(22-15(20)23-14)6-11(7-21-13)29(27,28)25-8-17(18,19)9-25/h6-7,26H,3-5,8-10H2,1-2H3,(H3,20,22,23,24)/t16-/m1/s1.